The van der Waals surface area contributed by atoms with E-state index in [0.29, 0.717) is 35.7 Å². The van der Waals surface area contributed by atoms with Crippen molar-refractivity contribution in [2.45, 2.75) is 31.7 Å². The van der Waals surface area contributed by atoms with Crippen LogP contribution < -0.4 is 10.9 Å². The van der Waals surface area contributed by atoms with E-state index >= 15 is 0 Å². The first-order valence-electron chi connectivity index (χ1n) is 6.00. The highest BCUT2D eigenvalue weighted by molar-refractivity contribution is 9.10. The van der Waals surface area contributed by atoms with E-state index in [9.17, 15) is 18.0 Å². The highest BCUT2D eigenvalue weighted by Crippen LogP contribution is 2.28. The minimum Gasteiger partial charge on any atom is -0.393 e. The van der Waals surface area contributed by atoms with Crippen LogP contribution in [0.15, 0.2) is 15.5 Å². The van der Waals surface area contributed by atoms with Crippen LogP contribution >= 0.6 is 15.9 Å². The van der Waals surface area contributed by atoms with Gasteiger partial charge >= 0.3 is 6.18 Å². The number of hydrogen-bond donors (Lipinski definition) is 2. The summed E-state index contributed by atoms with van der Waals surface area (Å²) in [6.45, 7) is -0.875. The molecular weight excluding hydrogens is 343 g/mol. The first-order chi connectivity index (χ1) is 9.26. The van der Waals surface area contributed by atoms with Crippen LogP contribution in [0.3, 0.4) is 0 Å². The molecule has 1 aliphatic rings. The molecule has 0 radical (unpaired) electrons. The van der Waals surface area contributed by atoms with Crippen LogP contribution in [0.2, 0.25) is 0 Å². The molecule has 2 N–H and O–H groups in total. The van der Waals surface area contributed by atoms with Crippen molar-refractivity contribution in [3.8, 4) is 0 Å². The van der Waals surface area contributed by atoms with Gasteiger partial charge in [0.2, 0.25) is 0 Å². The first-order valence-corrected chi connectivity index (χ1v) is 6.80. The van der Waals surface area contributed by atoms with Gasteiger partial charge in [-0.05, 0) is 34.7 Å². The molecule has 5 nitrogen and oxygen atoms in total. The molecule has 0 aromatic carbocycles. The number of alkyl halides is 3. The number of nitrogens with zero attached hydrogens (tertiary/aromatic N) is 2. The fraction of sp³-hybridized carbons (Fsp3) is 0.636. The maximum Gasteiger partial charge on any atom is 0.408 e. The van der Waals surface area contributed by atoms with Gasteiger partial charge in [-0.3, -0.25) is 4.79 Å². The number of hydrogen-bond acceptors (Lipinski definition) is 4. The van der Waals surface area contributed by atoms with Crippen LogP contribution in [-0.2, 0) is 6.54 Å². The minimum absolute atomic E-state index is 0.0246. The molecule has 1 aromatic heterocycles. The molecule has 1 aromatic rings. The lowest BCUT2D eigenvalue weighted by atomic mass is 9.82. The number of halogens is 4. The summed E-state index contributed by atoms with van der Waals surface area (Å²) >= 11 is 2.99. The highest BCUT2D eigenvalue weighted by Gasteiger charge is 2.30. The smallest absolute Gasteiger partial charge is 0.393 e. The van der Waals surface area contributed by atoms with E-state index in [4.69, 9.17) is 5.11 Å². The van der Waals surface area contributed by atoms with E-state index in [-0.39, 0.29) is 10.6 Å². The molecule has 2 rings (SSSR count). The van der Waals surface area contributed by atoms with Crippen molar-refractivity contribution in [1.82, 2.24) is 9.78 Å². The maximum absolute atomic E-state index is 12.2. The Morgan fingerprint density at radius 3 is 2.70 bits per heavy atom. The zero-order valence-electron chi connectivity index (χ0n) is 10.3. The standard InChI is InChI=1S/C11H13BrF3N3O2/c12-9-8(16-3-6-1-7(19)2-6)4-17-18(10(9)20)5-11(13,14)15/h4,6-7,16,19H,1-3,5H2. The second-order valence-corrected chi connectivity index (χ2v) is 5.62. The van der Waals surface area contributed by atoms with Crippen molar-refractivity contribution in [1.29, 1.82) is 0 Å². The highest BCUT2D eigenvalue weighted by atomic mass is 79.9. The molecule has 20 heavy (non-hydrogen) atoms. The Balaban J connectivity index is 2.04. The molecule has 0 atom stereocenters. The lowest BCUT2D eigenvalue weighted by Gasteiger charge is -2.31. The van der Waals surface area contributed by atoms with E-state index in [2.05, 4.69) is 26.3 Å². The fourth-order valence-electron chi connectivity index (χ4n) is 1.99. The molecule has 112 valence electrons. The van der Waals surface area contributed by atoms with Gasteiger partial charge in [0.1, 0.15) is 11.0 Å². The Kier molecular flexibility index (Phi) is 4.38. The van der Waals surface area contributed by atoms with Crippen molar-refractivity contribution in [3.05, 3.63) is 21.0 Å². The third-order valence-electron chi connectivity index (χ3n) is 3.11. The second kappa shape index (κ2) is 5.72. The van der Waals surface area contributed by atoms with Gasteiger partial charge in [0.15, 0.2) is 0 Å². The lowest BCUT2D eigenvalue weighted by molar-refractivity contribution is -0.143. The van der Waals surface area contributed by atoms with Crippen molar-refractivity contribution >= 4 is 21.6 Å². The van der Waals surface area contributed by atoms with Crippen molar-refractivity contribution < 1.29 is 18.3 Å². The van der Waals surface area contributed by atoms with Gasteiger partial charge < -0.3 is 10.4 Å². The van der Waals surface area contributed by atoms with Gasteiger partial charge in [0, 0.05) is 6.54 Å². The molecule has 1 saturated carbocycles. The van der Waals surface area contributed by atoms with E-state index in [1.807, 2.05) is 0 Å². The molecule has 0 saturated heterocycles. The number of rotatable bonds is 4. The maximum atomic E-state index is 12.2. The molecular formula is C11H13BrF3N3O2. The minimum atomic E-state index is -4.49. The molecule has 1 heterocycles. The fourth-order valence-corrected chi connectivity index (χ4v) is 2.44. The largest absolute Gasteiger partial charge is 0.408 e. The van der Waals surface area contributed by atoms with Crippen molar-refractivity contribution in [2.75, 3.05) is 11.9 Å². The summed E-state index contributed by atoms with van der Waals surface area (Å²) in [7, 11) is 0. The quantitative estimate of drug-likeness (QED) is 0.863. The average Bonchev–Trinajstić information content (AvgIpc) is 2.30. The number of nitrogens with one attached hydrogen (secondary N) is 1. The molecule has 1 fully saturated rings. The Morgan fingerprint density at radius 1 is 1.50 bits per heavy atom. The van der Waals surface area contributed by atoms with Gasteiger partial charge in [0.05, 0.1) is 18.0 Å². The average molecular weight is 356 g/mol. The van der Waals surface area contributed by atoms with Gasteiger partial charge in [0.25, 0.3) is 5.56 Å². The van der Waals surface area contributed by atoms with E-state index in [1.54, 1.807) is 0 Å². The molecule has 9 heteroatoms. The predicted octanol–water partition coefficient (Wildman–Crippen LogP) is 1.75. The Hall–Kier alpha value is -1.09. The van der Waals surface area contributed by atoms with E-state index in [1.165, 1.54) is 6.20 Å². The molecule has 0 amide bonds. The zero-order valence-corrected chi connectivity index (χ0v) is 11.9. The topological polar surface area (TPSA) is 67.2 Å². The summed E-state index contributed by atoms with van der Waals surface area (Å²) < 4.78 is 37.1. The zero-order chi connectivity index (χ0) is 14.9. The lowest BCUT2D eigenvalue weighted by Crippen LogP contribution is -2.34. The van der Waals surface area contributed by atoms with E-state index < -0.39 is 18.3 Å². The number of aromatic nitrogens is 2. The summed E-state index contributed by atoms with van der Waals surface area (Å²) in [5, 5.41) is 15.6. The Morgan fingerprint density at radius 2 is 2.15 bits per heavy atom. The molecule has 0 aliphatic heterocycles. The van der Waals surface area contributed by atoms with Crippen LogP contribution in [0.1, 0.15) is 12.8 Å². The summed E-state index contributed by atoms with van der Waals surface area (Å²) in [6, 6.07) is 0. The van der Waals surface area contributed by atoms with Crippen molar-refractivity contribution in [2.24, 2.45) is 5.92 Å². The van der Waals surface area contributed by atoms with Crippen LogP contribution in [-0.4, -0.2) is 33.7 Å². The van der Waals surface area contributed by atoms with E-state index in [0.717, 1.165) is 0 Å². The SMILES string of the molecule is O=c1c(Br)c(NCC2CC(O)C2)cnn1CC(F)(F)F. The predicted molar refractivity (Wildman–Crippen MR) is 69.5 cm³/mol. The molecule has 0 bridgehead atoms. The van der Waals surface area contributed by atoms with Crippen LogP contribution in [0.5, 0.6) is 0 Å². The summed E-state index contributed by atoms with van der Waals surface area (Å²) in [5.41, 5.74) is -0.476. The van der Waals surface area contributed by atoms with Crippen LogP contribution in [0.25, 0.3) is 0 Å². The third-order valence-corrected chi connectivity index (χ3v) is 3.87. The molecule has 1 aliphatic carbocycles. The second-order valence-electron chi connectivity index (χ2n) is 4.82. The monoisotopic (exact) mass is 355 g/mol. The van der Waals surface area contributed by atoms with Gasteiger partial charge in [-0.1, -0.05) is 0 Å². The number of aliphatic hydroxyl groups excluding tert-OH is 1. The Labute approximate surface area is 120 Å². The van der Waals surface area contributed by atoms with Crippen LogP contribution in [0, 0.1) is 5.92 Å². The van der Waals surface area contributed by atoms with Gasteiger partial charge in [-0.2, -0.15) is 18.3 Å². The Bertz CT molecular complexity index is 541. The first kappa shape index (κ1) is 15.3. The normalized spacial score (nSPS) is 22.4. The number of anilines is 1. The summed E-state index contributed by atoms with van der Waals surface area (Å²) in [6.07, 6.45) is -2.21. The third kappa shape index (κ3) is 3.72. The van der Waals surface area contributed by atoms with Crippen molar-refractivity contribution in [3.63, 3.8) is 0 Å². The summed E-state index contributed by atoms with van der Waals surface area (Å²) in [4.78, 5) is 11.7. The number of aliphatic hydroxyl groups is 1. The molecule has 0 unspecified atom stereocenters. The van der Waals surface area contributed by atoms with Crippen LogP contribution in [0.4, 0.5) is 18.9 Å². The van der Waals surface area contributed by atoms with Gasteiger partial charge in [-0.15, -0.1) is 0 Å². The summed E-state index contributed by atoms with van der Waals surface area (Å²) in [5.74, 6) is 0.300. The van der Waals surface area contributed by atoms with Gasteiger partial charge in [-0.25, -0.2) is 4.68 Å². The molecule has 0 spiro atoms.